The van der Waals surface area contributed by atoms with Gasteiger partial charge in [0.1, 0.15) is 11.2 Å². The number of nitrogens with one attached hydrogen (secondary N) is 2. The Morgan fingerprint density at radius 2 is 1.86 bits per heavy atom. The van der Waals surface area contributed by atoms with Crippen molar-refractivity contribution in [3.05, 3.63) is 30.9 Å². The summed E-state index contributed by atoms with van der Waals surface area (Å²) in [5, 5.41) is 5.72. The minimum atomic E-state index is -1.32. The van der Waals surface area contributed by atoms with Gasteiger partial charge in [0.25, 0.3) is 5.91 Å². The highest BCUT2D eigenvalue weighted by atomic mass is 16.6. The normalized spacial score (nSPS) is 22.9. The molecule has 2 heterocycles. The Kier molecular flexibility index (Phi) is 10.5. The number of allylic oxidation sites excluding steroid dienone is 1. The lowest BCUT2D eigenvalue weighted by atomic mass is 9.70. The van der Waals surface area contributed by atoms with E-state index in [1.54, 1.807) is 47.6 Å². The van der Waals surface area contributed by atoms with Gasteiger partial charge in [-0.25, -0.2) is 14.6 Å². The van der Waals surface area contributed by atoms with Gasteiger partial charge in [-0.05, 0) is 67.7 Å². The fraction of sp³-hybridized carbons (Fsp3) is 0.710. The summed E-state index contributed by atoms with van der Waals surface area (Å²) < 4.78 is 18.7. The van der Waals surface area contributed by atoms with Crippen LogP contribution in [-0.2, 0) is 30.3 Å². The Balaban J connectivity index is 1.87. The molecule has 11 nitrogen and oxygen atoms in total. The number of hydrogen-bond donors (Lipinski definition) is 2. The van der Waals surface area contributed by atoms with Crippen molar-refractivity contribution in [2.24, 2.45) is 11.8 Å². The van der Waals surface area contributed by atoms with Crippen molar-refractivity contribution in [1.82, 2.24) is 20.2 Å². The SMILES string of the molecule is C=CCC1CC(C2CCCCC2)(C(C)NC(=O)C(Cn2ccnc2C(=O)OC(C)(C)C)OC(=O)NC(C)(C)C)OC1=O. The van der Waals surface area contributed by atoms with Crippen LogP contribution in [0.15, 0.2) is 25.0 Å². The molecule has 0 aromatic carbocycles. The summed E-state index contributed by atoms with van der Waals surface area (Å²) in [6.07, 6.45) is 8.52. The summed E-state index contributed by atoms with van der Waals surface area (Å²) >= 11 is 0. The number of aromatic nitrogens is 2. The van der Waals surface area contributed by atoms with Crippen molar-refractivity contribution in [2.75, 3.05) is 0 Å². The van der Waals surface area contributed by atoms with Gasteiger partial charge in [0.15, 0.2) is 6.10 Å². The second kappa shape index (κ2) is 13.3. The molecular formula is C31H48N4O7. The van der Waals surface area contributed by atoms with Crippen molar-refractivity contribution in [3.63, 3.8) is 0 Å². The van der Waals surface area contributed by atoms with E-state index in [0.29, 0.717) is 12.8 Å². The molecule has 2 N–H and O–H groups in total. The van der Waals surface area contributed by atoms with Gasteiger partial charge < -0.3 is 29.4 Å². The molecule has 1 saturated heterocycles. The van der Waals surface area contributed by atoms with Gasteiger partial charge in [-0.15, -0.1) is 6.58 Å². The zero-order valence-corrected chi connectivity index (χ0v) is 26.2. The molecule has 2 fully saturated rings. The van der Waals surface area contributed by atoms with Crippen LogP contribution in [0.4, 0.5) is 4.79 Å². The van der Waals surface area contributed by atoms with Crippen LogP contribution in [0.3, 0.4) is 0 Å². The van der Waals surface area contributed by atoms with Crippen molar-refractivity contribution in [1.29, 1.82) is 0 Å². The van der Waals surface area contributed by atoms with Crippen LogP contribution in [0.2, 0.25) is 0 Å². The van der Waals surface area contributed by atoms with E-state index in [1.807, 2.05) is 6.92 Å². The molecular weight excluding hydrogens is 540 g/mol. The van der Waals surface area contributed by atoms with E-state index in [0.717, 1.165) is 32.1 Å². The largest absolute Gasteiger partial charge is 0.456 e. The first kappa shape index (κ1) is 33.1. The van der Waals surface area contributed by atoms with Gasteiger partial charge in [-0.3, -0.25) is 9.59 Å². The Morgan fingerprint density at radius 3 is 2.45 bits per heavy atom. The number of ether oxygens (including phenoxy) is 3. The van der Waals surface area contributed by atoms with Gasteiger partial charge in [-0.2, -0.15) is 0 Å². The Labute approximate surface area is 249 Å². The Hall–Kier alpha value is -3.37. The first-order valence-electron chi connectivity index (χ1n) is 14.9. The van der Waals surface area contributed by atoms with E-state index in [-0.39, 0.29) is 30.2 Å². The summed E-state index contributed by atoms with van der Waals surface area (Å²) in [7, 11) is 0. The minimum absolute atomic E-state index is 0.0220. The molecule has 42 heavy (non-hydrogen) atoms. The topological polar surface area (TPSA) is 138 Å². The average molecular weight is 589 g/mol. The molecule has 1 saturated carbocycles. The minimum Gasteiger partial charge on any atom is -0.456 e. The Morgan fingerprint density at radius 1 is 1.19 bits per heavy atom. The van der Waals surface area contributed by atoms with E-state index >= 15 is 0 Å². The monoisotopic (exact) mass is 588 g/mol. The maximum Gasteiger partial charge on any atom is 0.408 e. The molecule has 4 atom stereocenters. The standard InChI is InChI=1S/C31H48N4O7/c1-9-13-21-18-31(42-26(21)37,22-14-11-10-12-15-22)20(2)33-25(36)23(40-28(39)34-29(3,4)5)19-35-17-16-32-24(35)27(38)41-30(6,7)8/h9,16-17,20-23H,1,10-15,18-19H2,2-8H3,(H,33,36)(H,34,39). The Bertz CT molecular complexity index is 1140. The second-order valence-electron chi connectivity index (χ2n) is 13.5. The highest BCUT2D eigenvalue weighted by molar-refractivity contribution is 5.87. The molecule has 1 aromatic heterocycles. The fourth-order valence-corrected chi connectivity index (χ4v) is 5.84. The highest BCUT2D eigenvalue weighted by Crippen LogP contribution is 2.46. The van der Waals surface area contributed by atoms with Crippen molar-refractivity contribution in [3.8, 4) is 0 Å². The number of alkyl carbamates (subject to hydrolysis) is 1. The van der Waals surface area contributed by atoms with Crippen LogP contribution >= 0.6 is 0 Å². The van der Waals surface area contributed by atoms with E-state index in [4.69, 9.17) is 14.2 Å². The first-order chi connectivity index (χ1) is 19.5. The quantitative estimate of drug-likeness (QED) is 0.228. The van der Waals surface area contributed by atoms with Crippen LogP contribution in [0.25, 0.3) is 0 Å². The molecule has 1 aliphatic carbocycles. The summed E-state index contributed by atoms with van der Waals surface area (Å²) in [6.45, 7) is 16.1. The smallest absolute Gasteiger partial charge is 0.408 e. The number of cyclic esters (lactones) is 1. The number of carbonyl (C=O) groups is 4. The number of amides is 2. The zero-order valence-electron chi connectivity index (χ0n) is 26.2. The number of nitrogens with zero attached hydrogens (tertiary/aromatic N) is 2. The fourth-order valence-electron chi connectivity index (χ4n) is 5.84. The molecule has 11 heteroatoms. The van der Waals surface area contributed by atoms with Crippen LogP contribution in [0.5, 0.6) is 0 Å². The summed E-state index contributed by atoms with van der Waals surface area (Å²) in [6, 6.07) is -0.559. The van der Waals surface area contributed by atoms with Gasteiger partial charge in [0.05, 0.1) is 18.5 Å². The van der Waals surface area contributed by atoms with Gasteiger partial charge >= 0.3 is 18.0 Å². The third-order valence-electron chi connectivity index (χ3n) is 7.71. The molecule has 0 bridgehead atoms. The molecule has 4 unspecified atom stereocenters. The maximum absolute atomic E-state index is 13.8. The number of esters is 2. The number of imidazole rings is 1. The third-order valence-corrected chi connectivity index (χ3v) is 7.71. The first-order valence-corrected chi connectivity index (χ1v) is 14.9. The molecule has 0 radical (unpaired) electrons. The summed E-state index contributed by atoms with van der Waals surface area (Å²) in [4.78, 5) is 56.5. The van der Waals surface area contributed by atoms with E-state index in [9.17, 15) is 19.2 Å². The molecule has 1 aliphatic heterocycles. The maximum atomic E-state index is 13.8. The molecule has 234 valence electrons. The predicted molar refractivity (Wildman–Crippen MR) is 156 cm³/mol. The van der Waals surface area contributed by atoms with Gasteiger partial charge in [0, 0.05) is 30.3 Å². The van der Waals surface area contributed by atoms with Crippen molar-refractivity contribution < 1.29 is 33.4 Å². The summed E-state index contributed by atoms with van der Waals surface area (Å²) in [5.74, 6) is -1.77. The van der Waals surface area contributed by atoms with Crippen LogP contribution in [0, 0.1) is 11.8 Å². The number of hydrogen-bond acceptors (Lipinski definition) is 8. The lowest BCUT2D eigenvalue weighted by Gasteiger charge is -2.43. The second-order valence-corrected chi connectivity index (χ2v) is 13.5. The molecule has 0 spiro atoms. The van der Waals surface area contributed by atoms with E-state index in [2.05, 4.69) is 22.2 Å². The van der Waals surface area contributed by atoms with Crippen molar-refractivity contribution in [2.45, 2.75) is 129 Å². The molecule has 1 aromatic rings. The van der Waals surface area contributed by atoms with E-state index in [1.165, 1.54) is 17.0 Å². The van der Waals surface area contributed by atoms with Crippen LogP contribution in [-0.4, -0.2) is 62.4 Å². The zero-order chi connectivity index (χ0) is 31.3. The van der Waals surface area contributed by atoms with Crippen LogP contribution in [0.1, 0.15) is 104 Å². The highest BCUT2D eigenvalue weighted by Gasteiger charge is 2.55. The number of carbonyl (C=O) groups excluding carboxylic acids is 4. The predicted octanol–water partition coefficient (Wildman–Crippen LogP) is 4.69. The van der Waals surface area contributed by atoms with Gasteiger partial charge in [0.2, 0.25) is 5.82 Å². The van der Waals surface area contributed by atoms with E-state index < -0.39 is 46.9 Å². The summed E-state index contributed by atoms with van der Waals surface area (Å²) in [5.41, 5.74) is -2.24. The molecule has 2 aliphatic rings. The van der Waals surface area contributed by atoms with Crippen molar-refractivity contribution >= 4 is 23.9 Å². The average Bonchev–Trinajstić information content (AvgIpc) is 3.47. The van der Waals surface area contributed by atoms with Gasteiger partial charge in [-0.1, -0.05) is 25.3 Å². The molecule has 2 amide bonds. The lowest BCUT2D eigenvalue weighted by molar-refractivity contribution is -0.160. The van der Waals surface area contributed by atoms with Crippen LogP contribution < -0.4 is 10.6 Å². The number of rotatable bonds is 10. The third kappa shape index (κ3) is 8.58. The molecule has 3 rings (SSSR count). The lowest BCUT2D eigenvalue weighted by Crippen LogP contribution is -2.58.